The predicted octanol–water partition coefficient (Wildman–Crippen LogP) is 1.05. The molecule has 0 saturated carbocycles. The van der Waals surface area contributed by atoms with Crippen molar-refractivity contribution in [2.45, 2.75) is 32.0 Å². The van der Waals surface area contributed by atoms with Crippen molar-refractivity contribution in [1.82, 2.24) is 5.39 Å². The van der Waals surface area contributed by atoms with Crippen LogP contribution in [0.2, 0.25) is 6.32 Å². The molecule has 0 spiro atoms. The first-order valence-electron chi connectivity index (χ1n) is 3.86. The Bertz CT molecular complexity index is 48.9. The van der Waals surface area contributed by atoms with Crippen LogP contribution in [-0.4, -0.2) is 14.0 Å². The minimum atomic E-state index is 0.695. The summed E-state index contributed by atoms with van der Waals surface area (Å²) in [5.41, 5.74) is 0. The second-order valence-electron chi connectivity index (χ2n) is 2.43. The maximum Gasteiger partial charge on any atom is 0.245 e. The molecule has 0 atom stereocenters. The Morgan fingerprint density at radius 3 is 3.00 bits per heavy atom. The molecule has 0 aliphatic carbocycles. The summed E-state index contributed by atoms with van der Waals surface area (Å²) in [6.07, 6.45) is 5.94. The fraction of sp³-hybridized carbons (Fsp3) is 1.00. The molecule has 1 aliphatic heterocycles. The van der Waals surface area contributed by atoms with Crippen LogP contribution in [0.4, 0.5) is 0 Å². The van der Waals surface area contributed by atoms with Crippen molar-refractivity contribution in [3.8, 4) is 0 Å². The molecule has 1 fully saturated rings. The van der Waals surface area contributed by atoms with Crippen LogP contribution < -0.4 is 5.39 Å². The van der Waals surface area contributed by atoms with Crippen molar-refractivity contribution >= 4 is 7.41 Å². The maximum absolute atomic E-state index is 4.77. The van der Waals surface area contributed by atoms with Crippen LogP contribution in [0.5, 0.6) is 0 Å². The molecular formula is C6H13BNO2. The van der Waals surface area contributed by atoms with Crippen LogP contribution in [-0.2, 0) is 9.88 Å². The van der Waals surface area contributed by atoms with Gasteiger partial charge in [0.25, 0.3) is 0 Å². The average molecular weight is 142 g/mol. The van der Waals surface area contributed by atoms with Gasteiger partial charge in [-0.3, -0.25) is 0 Å². The molecule has 4 heteroatoms. The van der Waals surface area contributed by atoms with E-state index < -0.39 is 0 Å². The van der Waals surface area contributed by atoms with Crippen LogP contribution in [0.1, 0.15) is 25.7 Å². The number of nitrogens with one attached hydrogen (secondary N) is 1. The molecule has 0 unspecified atom stereocenters. The number of rotatable bonds is 0. The highest BCUT2D eigenvalue weighted by Gasteiger charge is 1.97. The highest BCUT2D eigenvalue weighted by atomic mass is 17.3. The normalized spacial score (nSPS) is 23.2. The molecule has 0 aromatic carbocycles. The zero-order valence-corrected chi connectivity index (χ0v) is 6.14. The van der Waals surface area contributed by atoms with E-state index >= 15 is 0 Å². The van der Waals surface area contributed by atoms with Crippen LogP contribution in [0.3, 0.4) is 0 Å². The van der Waals surface area contributed by atoms with E-state index in [-0.39, 0.29) is 0 Å². The monoisotopic (exact) mass is 142 g/mol. The number of hydrogen-bond acceptors (Lipinski definition) is 3. The van der Waals surface area contributed by atoms with Gasteiger partial charge in [-0.2, -0.15) is 4.99 Å². The van der Waals surface area contributed by atoms with Gasteiger partial charge in [0.1, 0.15) is 0 Å². The summed E-state index contributed by atoms with van der Waals surface area (Å²) in [5, 5.41) is 2.61. The van der Waals surface area contributed by atoms with Gasteiger partial charge in [0.05, 0.1) is 6.61 Å². The number of hydrogen-bond donors (Lipinski definition) is 1. The molecule has 3 nitrogen and oxygen atoms in total. The summed E-state index contributed by atoms with van der Waals surface area (Å²) in [6.45, 7) is 0.695. The van der Waals surface area contributed by atoms with E-state index in [1.807, 2.05) is 7.41 Å². The van der Waals surface area contributed by atoms with Crippen LogP contribution >= 0.6 is 0 Å². The van der Waals surface area contributed by atoms with E-state index in [0.717, 1.165) is 12.7 Å². The highest BCUT2D eigenvalue weighted by Crippen LogP contribution is 2.03. The first-order valence-corrected chi connectivity index (χ1v) is 3.86. The third-order valence-electron chi connectivity index (χ3n) is 1.52. The van der Waals surface area contributed by atoms with E-state index in [2.05, 4.69) is 10.4 Å². The summed E-state index contributed by atoms with van der Waals surface area (Å²) >= 11 is 0. The Morgan fingerprint density at radius 2 is 2.00 bits per heavy atom. The summed E-state index contributed by atoms with van der Waals surface area (Å²) < 4.78 is 0. The van der Waals surface area contributed by atoms with E-state index in [0.29, 0.717) is 6.61 Å². The van der Waals surface area contributed by atoms with E-state index in [9.17, 15) is 0 Å². The van der Waals surface area contributed by atoms with Gasteiger partial charge in [0.2, 0.25) is 7.41 Å². The van der Waals surface area contributed by atoms with Crippen molar-refractivity contribution < 1.29 is 9.88 Å². The SMILES string of the molecule is [B]1CCCCCCOON1. The van der Waals surface area contributed by atoms with Crippen molar-refractivity contribution in [1.29, 1.82) is 0 Å². The topological polar surface area (TPSA) is 30.5 Å². The largest absolute Gasteiger partial charge is 0.245 e. The second kappa shape index (κ2) is 5.71. The Balaban J connectivity index is 2.00. The zero-order chi connectivity index (χ0) is 7.07. The summed E-state index contributed by atoms with van der Waals surface area (Å²) in [5.74, 6) is 0. The molecule has 10 heavy (non-hydrogen) atoms. The van der Waals surface area contributed by atoms with Crippen molar-refractivity contribution in [2.75, 3.05) is 6.61 Å². The smallest absolute Gasteiger partial charge is 0.219 e. The summed E-state index contributed by atoms with van der Waals surface area (Å²) in [6, 6.07) is 0. The summed E-state index contributed by atoms with van der Waals surface area (Å²) in [4.78, 5) is 9.37. The van der Waals surface area contributed by atoms with Gasteiger partial charge in [0.15, 0.2) is 0 Å². The molecule has 0 aromatic heterocycles. The van der Waals surface area contributed by atoms with Crippen LogP contribution in [0.25, 0.3) is 0 Å². The molecule has 1 radical (unpaired) electrons. The quantitative estimate of drug-likeness (QED) is 0.405. The molecule has 1 aliphatic rings. The lowest BCUT2D eigenvalue weighted by atomic mass is 9.87. The average Bonchev–Trinajstić information content (AvgIpc) is 2.01. The van der Waals surface area contributed by atoms with Gasteiger partial charge in [-0.05, 0) is 6.42 Å². The third kappa shape index (κ3) is 3.87. The van der Waals surface area contributed by atoms with Gasteiger partial charge in [-0.15, -0.1) is 0 Å². The standard InChI is InChI=1S/C6H13BNO2/c1-2-4-6-9-10-8-7-5-3-1/h8H,1-6H2. The Labute approximate surface area is 62.2 Å². The lowest BCUT2D eigenvalue weighted by Crippen LogP contribution is -2.20. The predicted molar refractivity (Wildman–Crippen MR) is 39.2 cm³/mol. The van der Waals surface area contributed by atoms with Gasteiger partial charge >= 0.3 is 0 Å². The molecule has 1 N–H and O–H groups in total. The molecule has 57 valence electrons. The van der Waals surface area contributed by atoms with E-state index in [4.69, 9.17) is 4.89 Å². The minimum absolute atomic E-state index is 0.695. The first kappa shape index (κ1) is 8.05. The van der Waals surface area contributed by atoms with Crippen molar-refractivity contribution in [2.24, 2.45) is 0 Å². The van der Waals surface area contributed by atoms with E-state index in [1.165, 1.54) is 19.3 Å². The molecule has 0 bridgehead atoms. The van der Waals surface area contributed by atoms with Gasteiger partial charge in [0, 0.05) is 0 Å². The van der Waals surface area contributed by atoms with Gasteiger partial charge in [-0.25, -0.2) is 10.3 Å². The Kier molecular flexibility index (Phi) is 4.59. The Morgan fingerprint density at radius 1 is 1.10 bits per heavy atom. The van der Waals surface area contributed by atoms with Crippen molar-refractivity contribution in [3.63, 3.8) is 0 Å². The van der Waals surface area contributed by atoms with Crippen LogP contribution in [0.15, 0.2) is 0 Å². The van der Waals surface area contributed by atoms with E-state index in [1.54, 1.807) is 0 Å². The fourth-order valence-electron chi connectivity index (χ4n) is 0.930. The minimum Gasteiger partial charge on any atom is -0.219 e. The molecule has 1 rings (SSSR count). The van der Waals surface area contributed by atoms with Gasteiger partial charge < -0.3 is 0 Å². The maximum atomic E-state index is 4.77. The first-order chi connectivity index (χ1) is 5.00. The molecule has 0 aromatic rings. The Hall–Kier alpha value is -0.0551. The highest BCUT2D eigenvalue weighted by molar-refractivity contribution is 6.31. The molecule has 1 heterocycles. The van der Waals surface area contributed by atoms with Crippen molar-refractivity contribution in [3.05, 3.63) is 0 Å². The lowest BCUT2D eigenvalue weighted by Gasteiger charge is -2.06. The van der Waals surface area contributed by atoms with Gasteiger partial charge in [-0.1, -0.05) is 25.6 Å². The molecular weight excluding hydrogens is 129 g/mol. The molecule has 1 saturated heterocycles. The van der Waals surface area contributed by atoms with Crippen LogP contribution in [0, 0.1) is 0 Å². The lowest BCUT2D eigenvalue weighted by molar-refractivity contribution is -0.319. The molecule has 0 amide bonds. The zero-order valence-electron chi connectivity index (χ0n) is 6.14. The fourth-order valence-corrected chi connectivity index (χ4v) is 0.930. The second-order valence-corrected chi connectivity index (χ2v) is 2.43. The summed E-state index contributed by atoms with van der Waals surface area (Å²) in [7, 11) is 1.88. The third-order valence-corrected chi connectivity index (χ3v) is 1.52.